The van der Waals surface area contributed by atoms with Crippen LogP contribution in [0.25, 0.3) is 0 Å². The first-order valence-corrected chi connectivity index (χ1v) is 10.1. The topological polar surface area (TPSA) is 58.5 Å². The highest BCUT2D eigenvalue weighted by Crippen LogP contribution is 2.20. The van der Waals surface area contributed by atoms with Gasteiger partial charge in [0.05, 0.1) is 23.4 Å². The van der Waals surface area contributed by atoms with Crippen molar-refractivity contribution in [2.75, 3.05) is 20.2 Å². The van der Waals surface area contributed by atoms with Gasteiger partial charge in [-0.15, -0.1) is 35.3 Å². The molecule has 0 aliphatic heterocycles. The highest BCUT2D eigenvalue weighted by atomic mass is 127. The molecule has 1 aliphatic rings. The van der Waals surface area contributed by atoms with Crippen molar-refractivity contribution in [3.63, 3.8) is 0 Å². The molecule has 1 aromatic heterocycles. The van der Waals surface area contributed by atoms with Gasteiger partial charge in [0.15, 0.2) is 5.96 Å². The highest BCUT2D eigenvalue weighted by Gasteiger charge is 2.13. The van der Waals surface area contributed by atoms with Crippen LogP contribution in [0, 0.1) is 0 Å². The first-order chi connectivity index (χ1) is 11.7. The summed E-state index contributed by atoms with van der Waals surface area (Å²) in [5.41, 5.74) is 1.08. The van der Waals surface area contributed by atoms with Gasteiger partial charge in [0.1, 0.15) is 0 Å². The fraction of sp³-hybridized carbons (Fsp3) is 0.778. The van der Waals surface area contributed by atoms with Crippen LogP contribution in [-0.4, -0.2) is 37.2 Å². The maximum atomic E-state index is 5.94. The summed E-state index contributed by atoms with van der Waals surface area (Å²) in [6.07, 6.45) is 8.01. The Balaban J connectivity index is 0.00000312. The summed E-state index contributed by atoms with van der Waals surface area (Å²) >= 11 is 1.73. The third-order valence-corrected chi connectivity index (χ3v) is 5.44. The number of aromatic nitrogens is 1. The number of hydrogen-bond acceptors (Lipinski definition) is 4. The molecule has 7 heteroatoms. The van der Waals surface area contributed by atoms with E-state index in [1.807, 2.05) is 0 Å². The van der Waals surface area contributed by atoms with E-state index in [0.717, 1.165) is 31.2 Å². The summed E-state index contributed by atoms with van der Waals surface area (Å²) in [7, 11) is 1.80. The summed E-state index contributed by atoms with van der Waals surface area (Å²) < 4.78 is 5.94. The molecule has 0 atom stereocenters. The number of ether oxygens (including phenoxy) is 1. The molecule has 1 aromatic rings. The first kappa shape index (κ1) is 22.6. The van der Waals surface area contributed by atoms with Gasteiger partial charge in [0.25, 0.3) is 0 Å². The quantitative estimate of drug-likeness (QED) is 0.252. The van der Waals surface area contributed by atoms with Gasteiger partial charge in [-0.25, -0.2) is 4.98 Å². The molecule has 25 heavy (non-hydrogen) atoms. The number of guanidine groups is 1. The molecule has 1 aliphatic carbocycles. The molecule has 1 fully saturated rings. The molecule has 2 N–H and O–H groups in total. The minimum absolute atomic E-state index is 0. The van der Waals surface area contributed by atoms with Gasteiger partial charge in [-0.3, -0.25) is 4.99 Å². The molecular weight excluding hydrogens is 447 g/mol. The Labute approximate surface area is 173 Å². The standard InChI is InChI=1S/C18H32N4OS.HI/c1-14(2)17-22-15(13-24-17)12-21-18(19-3)20-10-7-11-23-16-8-5-4-6-9-16;/h13-14,16H,4-12H2,1-3H3,(H2,19,20,21);1H. The second-order valence-corrected chi connectivity index (χ2v) is 7.56. The van der Waals surface area contributed by atoms with Crippen LogP contribution in [0.2, 0.25) is 0 Å². The van der Waals surface area contributed by atoms with Crippen molar-refractivity contribution in [2.45, 2.75) is 70.9 Å². The lowest BCUT2D eigenvalue weighted by molar-refractivity contribution is 0.0277. The number of rotatable bonds is 8. The van der Waals surface area contributed by atoms with Crippen molar-refractivity contribution in [1.29, 1.82) is 0 Å². The predicted molar refractivity (Wildman–Crippen MR) is 117 cm³/mol. The smallest absolute Gasteiger partial charge is 0.191 e. The van der Waals surface area contributed by atoms with Gasteiger partial charge in [-0.1, -0.05) is 33.1 Å². The van der Waals surface area contributed by atoms with E-state index in [2.05, 4.69) is 39.8 Å². The largest absolute Gasteiger partial charge is 0.378 e. The van der Waals surface area contributed by atoms with E-state index in [1.165, 1.54) is 37.1 Å². The zero-order valence-electron chi connectivity index (χ0n) is 15.7. The van der Waals surface area contributed by atoms with Crippen molar-refractivity contribution in [2.24, 2.45) is 4.99 Å². The number of halogens is 1. The number of nitrogens with one attached hydrogen (secondary N) is 2. The number of hydrogen-bond donors (Lipinski definition) is 2. The van der Waals surface area contributed by atoms with Crippen molar-refractivity contribution in [3.05, 3.63) is 16.1 Å². The Hall–Kier alpha value is -0.410. The Kier molecular flexibility index (Phi) is 11.6. The predicted octanol–water partition coefficient (Wildman–Crippen LogP) is 4.29. The fourth-order valence-electron chi connectivity index (χ4n) is 2.82. The van der Waals surface area contributed by atoms with Gasteiger partial charge in [-0.2, -0.15) is 0 Å². The third kappa shape index (κ3) is 8.68. The summed E-state index contributed by atoms with van der Waals surface area (Å²) in [6.45, 7) is 6.76. The summed E-state index contributed by atoms with van der Waals surface area (Å²) in [5, 5.41) is 9.97. The molecule has 1 heterocycles. The van der Waals surface area contributed by atoms with Gasteiger partial charge in [0, 0.05) is 31.5 Å². The molecule has 0 saturated heterocycles. The number of nitrogens with zero attached hydrogens (tertiary/aromatic N) is 2. The Morgan fingerprint density at radius 2 is 2.08 bits per heavy atom. The second-order valence-electron chi connectivity index (χ2n) is 6.67. The molecule has 1 saturated carbocycles. The van der Waals surface area contributed by atoms with E-state index in [4.69, 9.17) is 4.74 Å². The van der Waals surface area contributed by atoms with E-state index in [1.54, 1.807) is 18.4 Å². The van der Waals surface area contributed by atoms with Gasteiger partial charge in [-0.05, 0) is 19.3 Å². The van der Waals surface area contributed by atoms with E-state index in [0.29, 0.717) is 18.6 Å². The van der Waals surface area contributed by atoms with Gasteiger partial charge >= 0.3 is 0 Å². The molecular formula is C18H33IN4OS. The zero-order chi connectivity index (χ0) is 17.2. The molecule has 0 unspecified atom stereocenters. The third-order valence-electron chi connectivity index (χ3n) is 4.24. The van der Waals surface area contributed by atoms with Crippen LogP contribution in [0.1, 0.15) is 69.0 Å². The molecule has 0 radical (unpaired) electrons. The van der Waals surface area contributed by atoms with Crippen LogP contribution in [-0.2, 0) is 11.3 Å². The SMILES string of the molecule is CN=C(NCCCOC1CCCCC1)NCc1csc(C(C)C)n1.I. The normalized spacial score (nSPS) is 15.9. The van der Waals surface area contributed by atoms with Crippen LogP contribution in [0.4, 0.5) is 0 Å². The van der Waals surface area contributed by atoms with E-state index in [-0.39, 0.29) is 24.0 Å². The lowest BCUT2D eigenvalue weighted by Crippen LogP contribution is -2.37. The first-order valence-electron chi connectivity index (χ1n) is 9.19. The van der Waals surface area contributed by atoms with Crippen molar-refractivity contribution in [1.82, 2.24) is 15.6 Å². The molecule has 0 aromatic carbocycles. The summed E-state index contributed by atoms with van der Waals surface area (Å²) in [5.74, 6) is 1.32. The molecule has 0 spiro atoms. The average Bonchev–Trinajstić information content (AvgIpc) is 3.07. The van der Waals surface area contributed by atoms with Crippen LogP contribution in [0.3, 0.4) is 0 Å². The zero-order valence-corrected chi connectivity index (χ0v) is 18.9. The highest BCUT2D eigenvalue weighted by molar-refractivity contribution is 14.0. The van der Waals surface area contributed by atoms with Gasteiger partial charge in [0.2, 0.25) is 0 Å². The Morgan fingerprint density at radius 3 is 2.72 bits per heavy atom. The van der Waals surface area contributed by atoms with Crippen LogP contribution in [0.15, 0.2) is 10.4 Å². The second kappa shape index (κ2) is 12.9. The fourth-order valence-corrected chi connectivity index (χ4v) is 3.66. The van der Waals surface area contributed by atoms with Gasteiger partial charge < -0.3 is 15.4 Å². The average molecular weight is 480 g/mol. The lowest BCUT2D eigenvalue weighted by Gasteiger charge is -2.22. The molecule has 2 rings (SSSR count). The van der Waals surface area contributed by atoms with E-state index < -0.39 is 0 Å². The maximum Gasteiger partial charge on any atom is 0.191 e. The lowest BCUT2D eigenvalue weighted by atomic mass is 9.98. The van der Waals surface area contributed by atoms with Crippen LogP contribution in [0.5, 0.6) is 0 Å². The summed E-state index contributed by atoms with van der Waals surface area (Å²) in [4.78, 5) is 8.89. The van der Waals surface area contributed by atoms with Crippen LogP contribution >= 0.6 is 35.3 Å². The van der Waals surface area contributed by atoms with Crippen molar-refractivity contribution >= 4 is 41.3 Å². The molecule has 5 nitrogen and oxygen atoms in total. The number of thiazole rings is 1. The number of aliphatic imine (C=N–C) groups is 1. The summed E-state index contributed by atoms with van der Waals surface area (Å²) in [6, 6.07) is 0. The maximum absolute atomic E-state index is 5.94. The molecule has 0 amide bonds. The Bertz CT molecular complexity index is 501. The monoisotopic (exact) mass is 480 g/mol. The van der Waals surface area contributed by atoms with Crippen LogP contribution < -0.4 is 10.6 Å². The minimum atomic E-state index is 0. The van der Waals surface area contributed by atoms with E-state index >= 15 is 0 Å². The Morgan fingerprint density at radius 1 is 1.32 bits per heavy atom. The molecule has 144 valence electrons. The van der Waals surface area contributed by atoms with Crippen molar-refractivity contribution < 1.29 is 4.74 Å². The minimum Gasteiger partial charge on any atom is -0.378 e. The molecule has 0 bridgehead atoms. The van der Waals surface area contributed by atoms with Crippen molar-refractivity contribution in [3.8, 4) is 0 Å². The van der Waals surface area contributed by atoms with E-state index in [9.17, 15) is 0 Å².